The predicted octanol–water partition coefficient (Wildman–Crippen LogP) is 3.53. The zero-order valence-corrected chi connectivity index (χ0v) is 15.1. The maximum atomic E-state index is 12.0. The molecular formula is C19H19N3O2S. The fourth-order valence-corrected chi connectivity index (χ4v) is 4.00. The van der Waals surface area contributed by atoms with Gasteiger partial charge in [0, 0.05) is 13.8 Å². The summed E-state index contributed by atoms with van der Waals surface area (Å²) in [5.41, 5.74) is 3.18. The fraction of sp³-hybridized carbons (Fsp3) is 0.211. The average Bonchev–Trinajstić information content (AvgIpc) is 2.93. The van der Waals surface area contributed by atoms with E-state index in [9.17, 15) is 9.59 Å². The zero-order chi connectivity index (χ0) is 18.0. The number of rotatable bonds is 2. The monoisotopic (exact) mass is 353 g/mol. The third kappa shape index (κ3) is 3.44. The molecule has 0 aromatic heterocycles. The second-order valence-corrected chi connectivity index (χ2v) is 7.33. The number of amidine groups is 1. The van der Waals surface area contributed by atoms with E-state index in [1.807, 2.05) is 49.4 Å². The topological polar surface area (TPSA) is 61.8 Å². The molecule has 0 saturated heterocycles. The van der Waals surface area contributed by atoms with Crippen molar-refractivity contribution in [3.63, 3.8) is 0 Å². The highest BCUT2D eigenvalue weighted by Crippen LogP contribution is 2.45. The van der Waals surface area contributed by atoms with Crippen LogP contribution in [0.25, 0.3) is 11.1 Å². The Morgan fingerprint density at radius 1 is 1.00 bits per heavy atom. The molecule has 2 aromatic rings. The summed E-state index contributed by atoms with van der Waals surface area (Å²) >= 11 is 1.36. The third-order valence-electron chi connectivity index (χ3n) is 4.00. The first-order valence-electron chi connectivity index (χ1n) is 7.92. The van der Waals surface area contributed by atoms with Crippen molar-refractivity contribution >= 4 is 28.7 Å². The fourth-order valence-electron chi connectivity index (χ4n) is 2.79. The van der Waals surface area contributed by atoms with Gasteiger partial charge in [-0.1, -0.05) is 66.4 Å². The van der Waals surface area contributed by atoms with Crippen LogP contribution >= 0.6 is 11.8 Å². The average molecular weight is 353 g/mol. The summed E-state index contributed by atoms with van der Waals surface area (Å²) in [4.78, 5) is 22.7. The van der Waals surface area contributed by atoms with Gasteiger partial charge in [0.15, 0.2) is 5.17 Å². The molecule has 1 aliphatic heterocycles. The Labute approximate surface area is 151 Å². The number of nitrogens with zero attached hydrogens (tertiary/aromatic N) is 2. The largest absolute Gasteiger partial charge is 0.304 e. The molecule has 0 aliphatic carbocycles. The lowest BCUT2D eigenvalue weighted by Gasteiger charge is -2.31. The Bertz CT molecular complexity index is 834. The van der Waals surface area contributed by atoms with Crippen molar-refractivity contribution in [2.24, 2.45) is 5.10 Å². The molecule has 1 N–H and O–H groups in total. The second-order valence-electron chi connectivity index (χ2n) is 5.95. The lowest BCUT2D eigenvalue weighted by Crippen LogP contribution is -2.37. The Kier molecular flexibility index (Phi) is 4.63. The molecule has 0 saturated carbocycles. The predicted molar refractivity (Wildman–Crippen MR) is 101 cm³/mol. The summed E-state index contributed by atoms with van der Waals surface area (Å²) in [5.74, 6) is -0.388. The number of benzene rings is 2. The molecule has 128 valence electrons. The first-order chi connectivity index (χ1) is 11.9. The summed E-state index contributed by atoms with van der Waals surface area (Å²) in [6, 6.07) is 18.2. The van der Waals surface area contributed by atoms with Crippen LogP contribution in [0.2, 0.25) is 0 Å². The molecule has 0 spiro atoms. The molecule has 0 radical (unpaired) electrons. The van der Waals surface area contributed by atoms with Crippen LogP contribution in [0.5, 0.6) is 0 Å². The van der Waals surface area contributed by atoms with Crippen molar-refractivity contribution in [3.8, 4) is 11.1 Å². The maximum absolute atomic E-state index is 12.0. The van der Waals surface area contributed by atoms with Gasteiger partial charge < -0.3 is 5.32 Å². The molecule has 1 heterocycles. The number of hydrogen-bond acceptors (Lipinski definition) is 4. The van der Waals surface area contributed by atoms with Crippen molar-refractivity contribution in [1.82, 2.24) is 10.3 Å². The molecule has 25 heavy (non-hydrogen) atoms. The van der Waals surface area contributed by atoms with Crippen LogP contribution in [0, 0.1) is 0 Å². The summed E-state index contributed by atoms with van der Waals surface area (Å²) in [7, 11) is 0. The molecule has 1 atom stereocenters. The molecule has 5 nitrogen and oxygen atoms in total. The van der Waals surface area contributed by atoms with Crippen LogP contribution in [0.1, 0.15) is 26.3 Å². The molecule has 6 heteroatoms. The van der Waals surface area contributed by atoms with E-state index in [1.54, 1.807) is 0 Å². The SMILES string of the molecule is CC(=O)NC1=NN(C(C)=O)[C@](C)(c2ccc(-c3ccccc3)cc2)S1. The number of amides is 2. The number of hydrazone groups is 1. The van der Waals surface area contributed by atoms with Crippen LogP contribution in [-0.2, 0) is 14.5 Å². The Hall–Kier alpha value is -2.60. The van der Waals surface area contributed by atoms with Gasteiger partial charge in [0.2, 0.25) is 11.8 Å². The summed E-state index contributed by atoms with van der Waals surface area (Å²) in [6.07, 6.45) is 0. The van der Waals surface area contributed by atoms with E-state index in [0.717, 1.165) is 16.7 Å². The van der Waals surface area contributed by atoms with E-state index in [1.165, 1.54) is 30.6 Å². The van der Waals surface area contributed by atoms with Crippen molar-refractivity contribution < 1.29 is 9.59 Å². The summed E-state index contributed by atoms with van der Waals surface area (Å²) < 4.78 is 0. The Morgan fingerprint density at radius 3 is 2.16 bits per heavy atom. The molecule has 1 aliphatic rings. The minimum absolute atomic E-state index is 0.178. The van der Waals surface area contributed by atoms with Crippen molar-refractivity contribution in [2.75, 3.05) is 0 Å². The summed E-state index contributed by atoms with van der Waals surface area (Å²) in [5, 5.41) is 8.78. The van der Waals surface area contributed by atoms with Gasteiger partial charge in [-0.3, -0.25) is 9.59 Å². The highest BCUT2D eigenvalue weighted by Gasteiger charge is 2.43. The smallest absolute Gasteiger partial charge is 0.241 e. The number of nitrogens with one attached hydrogen (secondary N) is 1. The minimum Gasteiger partial charge on any atom is -0.304 e. The van der Waals surface area contributed by atoms with Crippen molar-refractivity contribution in [1.29, 1.82) is 0 Å². The number of thioether (sulfide) groups is 1. The van der Waals surface area contributed by atoms with E-state index in [0.29, 0.717) is 5.17 Å². The molecule has 0 bridgehead atoms. The Balaban J connectivity index is 1.91. The van der Waals surface area contributed by atoms with Crippen LogP contribution < -0.4 is 5.32 Å². The Morgan fingerprint density at radius 2 is 1.60 bits per heavy atom. The van der Waals surface area contributed by atoms with Crippen LogP contribution in [0.15, 0.2) is 59.7 Å². The summed E-state index contributed by atoms with van der Waals surface area (Å²) in [6.45, 7) is 4.82. The zero-order valence-electron chi connectivity index (χ0n) is 14.3. The van der Waals surface area contributed by atoms with Gasteiger partial charge in [-0.05, 0) is 23.6 Å². The van der Waals surface area contributed by atoms with Gasteiger partial charge in [-0.2, -0.15) is 0 Å². The first kappa shape index (κ1) is 17.2. The third-order valence-corrected chi connectivity index (χ3v) is 5.18. The van der Waals surface area contributed by atoms with E-state index in [4.69, 9.17) is 0 Å². The van der Waals surface area contributed by atoms with Gasteiger partial charge >= 0.3 is 0 Å². The molecule has 2 amide bonds. The van der Waals surface area contributed by atoms with Gasteiger partial charge in [-0.25, -0.2) is 5.01 Å². The standard InChI is InChI=1S/C19H19N3O2S/c1-13(23)20-18-21-22(14(2)24)19(3,25-18)17-11-9-16(10-12-17)15-7-5-4-6-8-15/h4-12H,1-3H3,(H,20,21,23)/t19-/m0/s1. The highest BCUT2D eigenvalue weighted by molar-refractivity contribution is 8.14. The van der Waals surface area contributed by atoms with E-state index < -0.39 is 4.87 Å². The number of carbonyl (C=O) groups is 2. The quantitative estimate of drug-likeness (QED) is 0.898. The molecule has 0 fully saturated rings. The second kappa shape index (κ2) is 6.72. The number of carbonyl (C=O) groups excluding carboxylic acids is 2. The van der Waals surface area contributed by atoms with Gasteiger partial charge in [0.25, 0.3) is 0 Å². The molecule has 3 rings (SSSR count). The lowest BCUT2D eigenvalue weighted by atomic mass is 10.0. The van der Waals surface area contributed by atoms with Crippen molar-refractivity contribution in [3.05, 3.63) is 60.2 Å². The van der Waals surface area contributed by atoms with E-state index >= 15 is 0 Å². The van der Waals surface area contributed by atoms with Crippen molar-refractivity contribution in [2.45, 2.75) is 25.6 Å². The van der Waals surface area contributed by atoms with Gasteiger partial charge in [0.1, 0.15) is 4.87 Å². The van der Waals surface area contributed by atoms with E-state index in [-0.39, 0.29) is 11.8 Å². The van der Waals surface area contributed by atoms with Crippen LogP contribution in [0.3, 0.4) is 0 Å². The minimum atomic E-state index is -0.696. The van der Waals surface area contributed by atoms with Gasteiger partial charge in [0.05, 0.1) is 0 Å². The van der Waals surface area contributed by atoms with Crippen LogP contribution in [-0.4, -0.2) is 22.0 Å². The highest BCUT2D eigenvalue weighted by atomic mass is 32.2. The van der Waals surface area contributed by atoms with Crippen LogP contribution in [0.4, 0.5) is 0 Å². The molecular weight excluding hydrogens is 334 g/mol. The lowest BCUT2D eigenvalue weighted by molar-refractivity contribution is -0.131. The molecule has 0 unspecified atom stereocenters. The first-order valence-corrected chi connectivity index (χ1v) is 8.74. The normalized spacial score (nSPS) is 19.5. The van der Waals surface area contributed by atoms with E-state index in [2.05, 4.69) is 22.6 Å². The number of hydrogen-bond donors (Lipinski definition) is 1. The van der Waals surface area contributed by atoms with Gasteiger partial charge in [-0.15, -0.1) is 5.10 Å². The maximum Gasteiger partial charge on any atom is 0.241 e. The molecule has 2 aromatic carbocycles.